The Balaban J connectivity index is 0.00000261. The highest BCUT2D eigenvalue weighted by atomic mass is 35.5. The Kier molecular flexibility index (Phi) is 7.77. The Morgan fingerprint density at radius 1 is 1.15 bits per heavy atom. The van der Waals surface area contributed by atoms with Gasteiger partial charge in [-0.2, -0.15) is 0 Å². The van der Waals surface area contributed by atoms with E-state index < -0.39 is 0 Å². The first-order valence-electron chi connectivity index (χ1n) is 9.30. The maximum atomic E-state index is 12.6. The molecule has 27 heavy (non-hydrogen) atoms. The van der Waals surface area contributed by atoms with Crippen LogP contribution in [0.3, 0.4) is 0 Å². The molecule has 3 rings (SSSR count). The highest BCUT2D eigenvalue weighted by Crippen LogP contribution is 2.21. The van der Waals surface area contributed by atoms with Gasteiger partial charge in [0.2, 0.25) is 11.8 Å². The van der Waals surface area contributed by atoms with E-state index in [1.165, 1.54) is 0 Å². The molecule has 7 nitrogen and oxygen atoms in total. The second kappa shape index (κ2) is 9.82. The maximum absolute atomic E-state index is 12.6. The number of carbonyl (C=O) groups is 2. The molecule has 1 aromatic carbocycles. The number of halogens is 1. The molecule has 2 aliphatic heterocycles. The SMILES string of the molecule is Cl.N=C(N)c1ccc(CN2CCC[C@H]2C(=O)NC(=O)[C@H]2CCCCN2)cc1. The fourth-order valence-corrected chi connectivity index (χ4v) is 3.70. The number of carbonyl (C=O) groups excluding carboxylic acids is 2. The van der Waals surface area contributed by atoms with Crippen LogP contribution in [0.4, 0.5) is 0 Å². The lowest BCUT2D eigenvalue weighted by atomic mass is 10.0. The van der Waals surface area contributed by atoms with E-state index in [0.29, 0.717) is 12.1 Å². The smallest absolute Gasteiger partial charge is 0.243 e. The second-order valence-corrected chi connectivity index (χ2v) is 7.10. The molecule has 5 N–H and O–H groups in total. The van der Waals surface area contributed by atoms with Gasteiger partial charge in [0.25, 0.3) is 0 Å². The van der Waals surface area contributed by atoms with Crippen molar-refractivity contribution in [3.8, 4) is 0 Å². The van der Waals surface area contributed by atoms with E-state index >= 15 is 0 Å². The lowest BCUT2D eigenvalue weighted by Gasteiger charge is -2.26. The van der Waals surface area contributed by atoms with Gasteiger partial charge in [-0.1, -0.05) is 30.7 Å². The zero-order chi connectivity index (χ0) is 18.5. The molecule has 1 aromatic rings. The van der Waals surface area contributed by atoms with Crippen LogP contribution in [-0.4, -0.2) is 47.7 Å². The highest BCUT2D eigenvalue weighted by Gasteiger charge is 2.33. The zero-order valence-electron chi connectivity index (χ0n) is 15.4. The summed E-state index contributed by atoms with van der Waals surface area (Å²) < 4.78 is 0. The third kappa shape index (κ3) is 5.51. The summed E-state index contributed by atoms with van der Waals surface area (Å²) in [4.78, 5) is 27.0. The summed E-state index contributed by atoms with van der Waals surface area (Å²) in [6, 6.07) is 6.99. The number of likely N-dealkylation sites (tertiary alicyclic amines) is 1. The summed E-state index contributed by atoms with van der Waals surface area (Å²) in [7, 11) is 0. The van der Waals surface area contributed by atoms with E-state index in [2.05, 4.69) is 15.5 Å². The minimum atomic E-state index is -0.268. The first kappa shape index (κ1) is 21.3. The molecule has 0 bridgehead atoms. The second-order valence-electron chi connectivity index (χ2n) is 7.10. The van der Waals surface area contributed by atoms with Crippen molar-refractivity contribution in [1.82, 2.24) is 15.5 Å². The maximum Gasteiger partial charge on any atom is 0.243 e. The van der Waals surface area contributed by atoms with E-state index in [-0.39, 0.29) is 42.1 Å². The number of nitrogen functional groups attached to an aromatic ring is 1. The lowest BCUT2D eigenvalue weighted by molar-refractivity contribution is -0.134. The van der Waals surface area contributed by atoms with Crippen molar-refractivity contribution in [2.45, 2.75) is 50.7 Å². The molecule has 0 radical (unpaired) electrons. The van der Waals surface area contributed by atoms with Crippen LogP contribution in [0.15, 0.2) is 24.3 Å². The average molecular weight is 394 g/mol. The van der Waals surface area contributed by atoms with Gasteiger partial charge in [0.05, 0.1) is 12.1 Å². The number of rotatable bonds is 5. The molecule has 2 heterocycles. The minimum Gasteiger partial charge on any atom is -0.384 e. The molecule has 2 fully saturated rings. The zero-order valence-corrected chi connectivity index (χ0v) is 16.2. The molecule has 0 aliphatic carbocycles. The predicted octanol–water partition coefficient (Wildman–Crippen LogP) is 1.14. The van der Waals surface area contributed by atoms with Gasteiger partial charge in [0.15, 0.2) is 0 Å². The highest BCUT2D eigenvalue weighted by molar-refractivity contribution is 6.00. The molecule has 0 unspecified atom stereocenters. The van der Waals surface area contributed by atoms with E-state index in [9.17, 15) is 9.59 Å². The van der Waals surface area contributed by atoms with Gasteiger partial charge in [-0.15, -0.1) is 12.4 Å². The van der Waals surface area contributed by atoms with E-state index in [1.54, 1.807) is 0 Å². The lowest BCUT2D eigenvalue weighted by Crippen LogP contribution is -2.52. The number of benzene rings is 1. The molecule has 0 spiro atoms. The van der Waals surface area contributed by atoms with Crippen LogP contribution in [0.1, 0.15) is 43.2 Å². The van der Waals surface area contributed by atoms with Gasteiger partial charge >= 0.3 is 0 Å². The summed E-state index contributed by atoms with van der Waals surface area (Å²) in [5.74, 6) is -0.350. The largest absolute Gasteiger partial charge is 0.384 e. The average Bonchev–Trinajstić information content (AvgIpc) is 3.11. The molecule has 148 valence electrons. The first-order chi connectivity index (χ1) is 12.5. The van der Waals surface area contributed by atoms with Crippen molar-refractivity contribution in [3.63, 3.8) is 0 Å². The number of hydrogen-bond donors (Lipinski definition) is 4. The molecular weight excluding hydrogens is 366 g/mol. The summed E-state index contributed by atoms with van der Waals surface area (Å²) in [5.41, 5.74) is 7.23. The van der Waals surface area contributed by atoms with Gasteiger partial charge in [-0.05, 0) is 44.3 Å². The molecule has 8 heteroatoms. The monoisotopic (exact) mass is 393 g/mol. The standard InChI is InChI=1S/C19H27N5O2.ClH/c20-17(21)14-8-6-13(7-9-14)12-24-11-3-5-16(24)19(26)23-18(25)15-4-1-2-10-22-15;/h6-9,15-16,22H,1-5,10-12H2,(H3,20,21)(H,23,25,26);1H/t15-,16+;/m1./s1. The Labute approximate surface area is 166 Å². The van der Waals surface area contributed by atoms with Crippen molar-refractivity contribution in [2.24, 2.45) is 5.73 Å². The van der Waals surface area contributed by atoms with Crippen molar-refractivity contribution >= 4 is 30.1 Å². The number of amides is 2. The molecule has 2 saturated heterocycles. The quantitative estimate of drug-likeness (QED) is 0.340. The number of amidine groups is 1. The van der Waals surface area contributed by atoms with Crippen LogP contribution in [0.2, 0.25) is 0 Å². The third-order valence-electron chi connectivity index (χ3n) is 5.19. The van der Waals surface area contributed by atoms with E-state index in [1.807, 2.05) is 24.3 Å². The van der Waals surface area contributed by atoms with Crippen LogP contribution in [0, 0.1) is 5.41 Å². The Morgan fingerprint density at radius 3 is 2.52 bits per heavy atom. The number of hydrogen-bond acceptors (Lipinski definition) is 5. The first-order valence-corrected chi connectivity index (χ1v) is 9.30. The summed E-state index contributed by atoms with van der Waals surface area (Å²) in [5, 5.41) is 13.2. The van der Waals surface area contributed by atoms with Crippen LogP contribution in [0.25, 0.3) is 0 Å². The number of nitrogens with zero attached hydrogens (tertiary/aromatic N) is 1. The molecule has 0 saturated carbocycles. The van der Waals surface area contributed by atoms with E-state index in [4.69, 9.17) is 11.1 Å². The van der Waals surface area contributed by atoms with Gasteiger partial charge in [0.1, 0.15) is 5.84 Å². The Hall–Kier alpha value is -1.96. The third-order valence-corrected chi connectivity index (χ3v) is 5.19. The summed E-state index contributed by atoms with van der Waals surface area (Å²) in [6.45, 7) is 2.31. The van der Waals surface area contributed by atoms with Crippen molar-refractivity contribution < 1.29 is 9.59 Å². The summed E-state index contributed by atoms with van der Waals surface area (Å²) in [6.07, 6.45) is 4.60. The van der Waals surface area contributed by atoms with Crippen molar-refractivity contribution in [3.05, 3.63) is 35.4 Å². The number of nitrogens with one attached hydrogen (secondary N) is 3. The molecule has 2 atom stereocenters. The molecular formula is C19H28ClN5O2. The van der Waals surface area contributed by atoms with Crippen LogP contribution >= 0.6 is 12.4 Å². The number of nitrogens with two attached hydrogens (primary N) is 1. The fourth-order valence-electron chi connectivity index (χ4n) is 3.70. The van der Waals surface area contributed by atoms with Crippen LogP contribution < -0.4 is 16.4 Å². The van der Waals surface area contributed by atoms with Crippen LogP contribution in [-0.2, 0) is 16.1 Å². The van der Waals surface area contributed by atoms with Gasteiger partial charge in [0, 0.05) is 12.1 Å². The molecule has 0 aromatic heterocycles. The topological polar surface area (TPSA) is 111 Å². The Bertz CT molecular complexity index is 673. The minimum absolute atomic E-state index is 0. The van der Waals surface area contributed by atoms with E-state index in [0.717, 1.165) is 50.8 Å². The van der Waals surface area contributed by atoms with Crippen molar-refractivity contribution in [2.75, 3.05) is 13.1 Å². The Morgan fingerprint density at radius 2 is 1.89 bits per heavy atom. The van der Waals surface area contributed by atoms with Gasteiger partial charge in [-0.3, -0.25) is 25.2 Å². The van der Waals surface area contributed by atoms with Crippen LogP contribution in [0.5, 0.6) is 0 Å². The summed E-state index contributed by atoms with van der Waals surface area (Å²) >= 11 is 0. The predicted molar refractivity (Wildman–Crippen MR) is 107 cm³/mol. The molecule has 2 amide bonds. The van der Waals surface area contributed by atoms with Gasteiger partial charge < -0.3 is 11.1 Å². The number of piperidine rings is 1. The fraction of sp³-hybridized carbons (Fsp3) is 0.526. The van der Waals surface area contributed by atoms with Crippen molar-refractivity contribution in [1.29, 1.82) is 5.41 Å². The number of imide groups is 1. The molecule has 2 aliphatic rings. The van der Waals surface area contributed by atoms with Gasteiger partial charge in [-0.25, -0.2) is 0 Å². The normalized spacial score (nSPS) is 22.7.